The average Bonchev–Trinajstić information content (AvgIpc) is 2.66. The number of fused-ring (bicyclic) bond motifs is 1. The lowest BCUT2D eigenvalue weighted by molar-refractivity contribution is 0.288. The number of benzene rings is 1. The molecule has 0 fully saturated rings. The van der Waals surface area contributed by atoms with E-state index in [4.69, 9.17) is 11.6 Å². The Bertz CT molecular complexity index is 716. The quantitative estimate of drug-likeness (QED) is 0.885. The molecule has 2 heterocycles. The Hall–Kier alpha value is -1.17. The first kappa shape index (κ1) is 16.7. The fourth-order valence-corrected chi connectivity index (χ4v) is 5.06. The number of hydrogen-bond donors (Lipinski definition) is 2. The second-order valence-electron chi connectivity index (χ2n) is 6.00. The van der Waals surface area contributed by atoms with E-state index >= 15 is 0 Å². The van der Waals surface area contributed by atoms with Crippen LogP contribution in [0.25, 0.3) is 0 Å². The number of anilines is 1. The second-order valence-corrected chi connectivity index (χ2v) is 7.85. The van der Waals surface area contributed by atoms with Crippen molar-refractivity contribution in [2.75, 3.05) is 18.5 Å². The van der Waals surface area contributed by atoms with Crippen molar-refractivity contribution in [2.24, 2.45) is 7.05 Å². The van der Waals surface area contributed by atoms with E-state index in [2.05, 4.69) is 30.3 Å². The van der Waals surface area contributed by atoms with E-state index in [1.54, 1.807) is 0 Å². The molecule has 0 unspecified atom stereocenters. The van der Waals surface area contributed by atoms with Gasteiger partial charge in [0.2, 0.25) is 0 Å². The summed E-state index contributed by atoms with van der Waals surface area (Å²) in [6.45, 7) is 5.21. The molecule has 2 atom stereocenters. The smallest absolute Gasteiger partial charge is 0.128 e. The second kappa shape index (κ2) is 6.75. The minimum absolute atomic E-state index is 0.197. The lowest BCUT2D eigenvalue weighted by Gasteiger charge is -2.22. The van der Waals surface area contributed by atoms with Crippen LogP contribution in [0.1, 0.15) is 34.1 Å². The minimum atomic E-state index is 0.197. The molecule has 0 amide bonds. The number of halogens is 1. The van der Waals surface area contributed by atoms with Gasteiger partial charge in [0, 0.05) is 36.0 Å². The zero-order chi connectivity index (χ0) is 16.6. The molecule has 23 heavy (non-hydrogen) atoms. The van der Waals surface area contributed by atoms with Gasteiger partial charge < -0.3 is 10.4 Å². The number of aryl methyl sites for hydroxylation is 3. The van der Waals surface area contributed by atoms with Crippen molar-refractivity contribution in [3.05, 3.63) is 45.6 Å². The van der Waals surface area contributed by atoms with E-state index < -0.39 is 0 Å². The molecule has 124 valence electrons. The van der Waals surface area contributed by atoms with Gasteiger partial charge in [-0.1, -0.05) is 17.7 Å². The van der Waals surface area contributed by atoms with Gasteiger partial charge in [0.15, 0.2) is 0 Å². The summed E-state index contributed by atoms with van der Waals surface area (Å²) in [6, 6.07) is 6.09. The molecule has 1 aliphatic heterocycles. The molecule has 2 N–H and O–H groups in total. The third kappa shape index (κ3) is 3.23. The summed E-state index contributed by atoms with van der Waals surface area (Å²) in [6.07, 6.45) is 0.779. The van der Waals surface area contributed by atoms with Crippen LogP contribution in [0.5, 0.6) is 0 Å². The number of aliphatic hydroxyl groups excluding tert-OH is 1. The van der Waals surface area contributed by atoms with Gasteiger partial charge >= 0.3 is 0 Å². The van der Waals surface area contributed by atoms with Gasteiger partial charge in [0.25, 0.3) is 0 Å². The van der Waals surface area contributed by atoms with Gasteiger partial charge in [-0.25, -0.2) is 0 Å². The van der Waals surface area contributed by atoms with Crippen molar-refractivity contribution in [3.8, 4) is 0 Å². The van der Waals surface area contributed by atoms with Crippen LogP contribution in [0.15, 0.2) is 18.2 Å². The third-order valence-electron chi connectivity index (χ3n) is 4.32. The van der Waals surface area contributed by atoms with E-state index in [0.717, 1.165) is 29.5 Å². The molecule has 0 aliphatic carbocycles. The number of aliphatic hydroxyl groups is 1. The molecule has 6 heteroatoms. The molecular weight excluding hydrogens is 330 g/mol. The SMILES string of the molecule is Cc1cc(Cl)ccc1[C@H]1S[C@H](CCO)CNc2c1c(C)nn2C. The fraction of sp³-hybridized carbons (Fsp3) is 0.471. The Morgan fingerprint density at radius 3 is 2.91 bits per heavy atom. The highest BCUT2D eigenvalue weighted by atomic mass is 35.5. The largest absolute Gasteiger partial charge is 0.396 e. The molecule has 1 aromatic heterocycles. The highest BCUT2D eigenvalue weighted by molar-refractivity contribution is 8.00. The molecular formula is C17H22ClN3OS. The van der Waals surface area contributed by atoms with Gasteiger partial charge in [0.1, 0.15) is 5.82 Å². The Morgan fingerprint density at radius 1 is 1.43 bits per heavy atom. The van der Waals surface area contributed by atoms with Crippen molar-refractivity contribution in [3.63, 3.8) is 0 Å². The topological polar surface area (TPSA) is 50.1 Å². The molecule has 1 aromatic carbocycles. The van der Waals surface area contributed by atoms with Gasteiger partial charge in [-0.05, 0) is 43.5 Å². The van der Waals surface area contributed by atoms with E-state index in [9.17, 15) is 5.11 Å². The highest BCUT2D eigenvalue weighted by Gasteiger charge is 2.31. The molecule has 0 radical (unpaired) electrons. The third-order valence-corrected chi connectivity index (χ3v) is 6.11. The van der Waals surface area contributed by atoms with Crippen molar-refractivity contribution in [2.45, 2.75) is 30.8 Å². The van der Waals surface area contributed by atoms with E-state index in [1.165, 1.54) is 16.7 Å². The van der Waals surface area contributed by atoms with Crippen LogP contribution in [0.3, 0.4) is 0 Å². The van der Waals surface area contributed by atoms with Crippen molar-refractivity contribution in [1.82, 2.24) is 9.78 Å². The molecule has 1 aliphatic rings. The normalized spacial score (nSPS) is 20.7. The van der Waals surface area contributed by atoms with Crippen molar-refractivity contribution < 1.29 is 5.11 Å². The number of rotatable bonds is 3. The first-order valence-corrected chi connectivity index (χ1v) is 9.13. The molecule has 2 aromatic rings. The predicted molar refractivity (Wildman–Crippen MR) is 97.5 cm³/mol. The molecule has 0 saturated heterocycles. The molecule has 0 bridgehead atoms. The Balaban J connectivity index is 2.10. The minimum Gasteiger partial charge on any atom is -0.396 e. The monoisotopic (exact) mass is 351 g/mol. The lowest BCUT2D eigenvalue weighted by Crippen LogP contribution is -2.18. The average molecular weight is 352 g/mol. The maximum atomic E-state index is 9.36. The Labute approximate surface area is 146 Å². The first-order chi connectivity index (χ1) is 11.0. The predicted octanol–water partition coefficient (Wildman–Crippen LogP) is 3.69. The van der Waals surface area contributed by atoms with Crippen LogP contribution in [0, 0.1) is 13.8 Å². The molecule has 4 nitrogen and oxygen atoms in total. The number of nitrogens with zero attached hydrogens (tertiary/aromatic N) is 2. The summed E-state index contributed by atoms with van der Waals surface area (Å²) in [4.78, 5) is 0. The number of thioether (sulfide) groups is 1. The summed E-state index contributed by atoms with van der Waals surface area (Å²) in [5.74, 6) is 1.08. The molecule has 0 saturated carbocycles. The van der Waals surface area contributed by atoms with Crippen LogP contribution >= 0.6 is 23.4 Å². The summed E-state index contributed by atoms with van der Waals surface area (Å²) >= 11 is 8.03. The van der Waals surface area contributed by atoms with Gasteiger partial charge in [-0.3, -0.25) is 4.68 Å². The molecule has 0 spiro atoms. The summed E-state index contributed by atoms with van der Waals surface area (Å²) in [7, 11) is 1.97. The fourth-order valence-electron chi connectivity index (χ4n) is 3.19. The molecule has 3 rings (SSSR count). The van der Waals surface area contributed by atoms with Gasteiger partial charge in [-0.2, -0.15) is 5.10 Å². The first-order valence-electron chi connectivity index (χ1n) is 7.81. The number of nitrogens with one attached hydrogen (secondary N) is 1. The van der Waals surface area contributed by atoms with Crippen LogP contribution in [0.2, 0.25) is 5.02 Å². The highest BCUT2D eigenvalue weighted by Crippen LogP contribution is 2.46. The van der Waals surface area contributed by atoms with E-state index in [0.29, 0.717) is 5.25 Å². The summed E-state index contributed by atoms with van der Waals surface area (Å²) in [5, 5.41) is 18.8. The Morgan fingerprint density at radius 2 is 2.22 bits per heavy atom. The summed E-state index contributed by atoms with van der Waals surface area (Å²) in [5.41, 5.74) is 4.74. The zero-order valence-corrected chi connectivity index (χ0v) is 15.2. The van der Waals surface area contributed by atoms with Gasteiger partial charge in [0.05, 0.1) is 10.9 Å². The van der Waals surface area contributed by atoms with Crippen LogP contribution < -0.4 is 5.32 Å². The number of hydrogen-bond acceptors (Lipinski definition) is 4. The van der Waals surface area contributed by atoms with Crippen molar-refractivity contribution >= 4 is 29.2 Å². The maximum Gasteiger partial charge on any atom is 0.128 e. The summed E-state index contributed by atoms with van der Waals surface area (Å²) < 4.78 is 1.92. The van der Waals surface area contributed by atoms with Crippen molar-refractivity contribution in [1.29, 1.82) is 0 Å². The standard InChI is InChI=1S/C17H22ClN3OS/c1-10-8-12(18)4-5-14(10)16-15-11(2)20-21(3)17(15)19-9-13(23-16)6-7-22/h4-5,8,13,16,19,22H,6-7,9H2,1-3H3/t13-,16-/m1/s1. The lowest BCUT2D eigenvalue weighted by atomic mass is 10.00. The van der Waals surface area contributed by atoms with E-state index in [-0.39, 0.29) is 11.9 Å². The van der Waals surface area contributed by atoms with Gasteiger partial charge in [-0.15, -0.1) is 11.8 Å². The Kier molecular flexibility index (Phi) is 4.90. The van der Waals surface area contributed by atoms with E-state index in [1.807, 2.05) is 35.6 Å². The zero-order valence-electron chi connectivity index (χ0n) is 13.6. The van der Waals surface area contributed by atoms with Crippen LogP contribution in [0.4, 0.5) is 5.82 Å². The number of aromatic nitrogens is 2. The van der Waals surface area contributed by atoms with Crippen LogP contribution in [-0.2, 0) is 7.05 Å². The van der Waals surface area contributed by atoms with Crippen LogP contribution in [-0.4, -0.2) is 33.3 Å². The maximum absolute atomic E-state index is 9.36.